The van der Waals surface area contributed by atoms with Gasteiger partial charge in [0.05, 0.1) is 19.5 Å². The number of para-hydroxylation sites is 1. The molecule has 2 aromatic heterocycles. The number of hydrogen-bond donors (Lipinski definition) is 1. The van der Waals surface area contributed by atoms with Crippen molar-refractivity contribution in [2.75, 3.05) is 44.3 Å². The molecule has 0 radical (unpaired) electrons. The second-order valence-electron chi connectivity index (χ2n) is 12.3. The van der Waals surface area contributed by atoms with Crippen LogP contribution in [0.5, 0.6) is 11.8 Å². The Morgan fingerprint density at radius 2 is 1.62 bits per heavy atom. The van der Waals surface area contributed by atoms with Gasteiger partial charge in [0.25, 0.3) is 5.91 Å². The molecule has 1 saturated carbocycles. The molecular weight excluding hydrogens is 594 g/mol. The van der Waals surface area contributed by atoms with Crippen molar-refractivity contribution >= 4 is 28.5 Å². The van der Waals surface area contributed by atoms with E-state index in [1.807, 2.05) is 67.3 Å². The van der Waals surface area contributed by atoms with E-state index in [1.165, 1.54) is 6.33 Å². The summed E-state index contributed by atoms with van der Waals surface area (Å²) in [5.74, 6) is 0.863. The topological polar surface area (TPSA) is 110 Å². The summed E-state index contributed by atoms with van der Waals surface area (Å²) in [7, 11) is 0. The van der Waals surface area contributed by atoms with Crippen molar-refractivity contribution < 1.29 is 23.5 Å². The number of piperidine rings is 1. The molecule has 1 aliphatic carbocycles. The van der Waals surface area contributed by atoms with E-state index >= 15 is 0 Å². The van der Waals surface area contributed by atoms with E-state index in [1.54, 1.807) is 6.26 Å². The van der Waals surface area contributed by atoms with Crippen LogP contribution in [0.25, 0.3) is 22.1 Å². The Morgan fingerprint density at radius 1 is 0.915 bits per heavy atom. The lowest BCUT2D eigenvalue weighted by atomic mass is 9.84. The third kappa shape index (κ3) is 7.43. The summed E-state index contributed by atoms with van der Waals surface area (Å²) in [6.45, 7) is 8.00. The van der Waals surface area contributed by atoms with Gasteiger partial charge in [0.1, 0.15) is 11.9 Å². The molecule has 2 amide bonds. The van der Waals surface area contributed by atoms with Gasteiger partial charge in [-0.3, -0.25) is 9.59 Å². The lowest BCUT2D eigenvalue weighted by Crippen LogP contribution is -2.45. The number of anilines is 1. The molecule has 47 heavy (non-hydrogen) atoms. The van der Waals surface area contributed by atoms with Crippen LogP contribution in [0.15, 0.2) is 65.5 Å². The molecule has 0 bridgehead atoms. The molecule has 10 nitrogen and oxygen atoms in total. The van der Waals surface area contributed by atoms with Crippen molar-refractivity contribution in [3.8, 4) is 22.9 Å². The van der Waals surface area contributed by atoms with Gasteiger partial charge in [-0.2, -0.15) is 9.97 Å². The van der Waals surface area contributed by atoms with Crippen LogP contribution in [0.4, 0.5) is 5.69 Å². The first-order chi connectivity index (χ1) is 23.1. The zero-order valence-corrected chi connectivity index (χ0v) is 27.5. The van der Waals surface area contributed by atoms with Crippen LogP contribution in [0.2, 0.25) is 0 Å². The van der Waals surface area contributed by atoms with E-state index in [0.717, 1.165) is 86.7 Å². The maximum Gasteiger partial charge on any atom is 0.252 e. The number of rotatable bonds is 14. The zero-order valence-electron chi connectivity index (χ0n) is 27.5. The van der Waals surface area contributed by atoms with E-state index in [-0.39, 0.29) is 23.8 Å². The predicted octanol–water partition coefficient (Wildman–Crippen LogP) is 6.49. The molecule has 2 aromatic carbocycles. The van der Waals surface area contributed by atoms with E-state index in [2.05, 4.69) is 20.2 Å². The predicted molar refractivity (Wildman–Crippen MR) is 182 cm³/mol. The van der Waals surface area contributed by atoms with Gasteiger partial charge in [-0.15, -0.1) is 0 Å². The highest BCUT2D eigenvalue weighted by Gasteiger charge is 2.34. The maximum absolute atomic E-state index is 13.6. The van der Waals surface area contributed by atoms with Gasteiger partial charge in [-0.25, -0.2) is 0 Å². The Kier molecular flexibility index (Phi) is 10.7. The smallest absolute Gasteiger partial charge is 0.252 e. The fourth-order valence-electron chi connectivity index (χ4n) is 6.54. The number of unbranched alkanes of at least 4 members (excludes halogenated alkanes) is 1. The molecule has 0 unspecified atom stereocenters. The van der Waals surface area contributed by atoms with Gasteiger partial charge < -0.3 is 29.0 Å². The number of amides is 2. The SMILES string of the molecule is CCOc1ncnc(OCC)c1N(CCCCN1CCC(NC(=O)c2ccccc2-c2coc3ccccc23)CC1)C(=O)C1CCC1. The van der Waals surface area contributed by atoms with Crippen LogP contribution >= 0.6 is 0 Å². The standard InChI is InChI=1S/C37H45N5O5/c1-3-45-35-33(36(46-4-2)39-25-38-35)42(37(44)26-12-11-13-26)21-10-9-20-41-22-18-27(19-23-41)40-34(43)30-16-6-5-14-28(30)31-24-47-32-17-8-7-15-29(31)32/h5-8,14-17,24-27H,3-4,9-13,18-23H2,1-2H3,(H,40,43). The molecule has 2 aliphatic rings. The van der Waals surface area contributed by atoms with Crippen molar-refractivity contribution in [3.05, 3.63) is 66.7 Å². The normalized spacial score (nSPS) is 15.7. The third-order valence-corrected chi connectivity index (χ3v) is 9.28. The van der Waals surface area contributed by atoms with E-state index in [4.69, 9.17) is 13.9 Å². The van der Waals surface area contributed by atoms with Crippen LogP contribution in [0.3, 0.4) is 0 Å². The lowest BCUT2D eigenvalue weighted by Gasteiger charge is -2.34. The number of nitrogens with one attached hydrogen (secondary N) is 1. The highest BCUT2D eigenvalue weighted by molar-refractivity contribution is 6.05. The highest BCUT2D eigenvalue weighted by Crippen LogP contribution is 2.38. The number of hydrogen-bond acceptors (Lipinski definition) is 8. The zero-order chi connectivity index (χ0) is 32.6. The molecule has 1 saturated heterocycles. The molecule has 3 heterocycles. The highest BCUT2D eigenvalue weighted by atomic mass is 16.5. The molecule has 6 rings (SSSR count). The largest absolute Gasteiger partial charge is 0.476 e. The fourth-order valence-corrected chi connectivity index (χ4v) is 6.54. The third-order valence-electron chi connectivity index (χ3n) is 9.28. The minimum Gasteiger partial charge on any atom is -0.476 e. The maximum atomic E-state index is 13.6. The summed E-state index contributed by atoms with van der Waals surface area (Å²) in [6.07, 6.45) is 9.63. The van der Waals surface area contributed by atoms with E-state index in [0.29, 0.717) is 42.8 Å². The Bertz CT molecular complexity index is 1640. The number of benzene rings is 2. The number of furan rings is 1. The number of nitrogens with zero attached hydrogens (tertiary/aromatic N) is 4. The molecule has 0 atom stereocenters. The van der Waals surface area contributed by atoms with Crippen molar-refractivity contribution in [1.82, 2.24) is 20.2 Å². The van der Waals surface area contributed by atoms with Gasteiger partial charge in [0.2, 0.25) is 17.7 Å². The number of ether oxygens (including phenoxy) is 2. The lowest BCUT2D eigenvalue weighted by molar-refractivity contribution is -0.124. The number of carbonyl (C=O) groups excluding carboxylic acids is 2. The Morgan fingerprint density at radius 3 is 2.32 bits per heavy atom. The van der Waals surface area contributed by atoms with Crippen LogP contribution in [0, 0.1) is 5.92 Å². The quantitative estimate of drug-likeness (QED) is 0.156. The van der Waals surface area contributed by atoms with Crippen LogP contribution in [-0.2, 0) is 4.79 Å². The average Bonchev–Trinajstić information content (AvgIpc) is 3.50. The van der Waals surface area contributed by atoms with Crippen molar-refractivity contribution in [2.24, 2.45) is 5.92 Å². The molecule has 1 N–H and O–H groups in total. The first kappa shape index (κ1) is 32.5. The monoisotopic (exact) mass is 639 g/mol. The summed E-state index contributed by atoms with van der Waals surface area (Å²) >= 11 is 0. The summed E-state index contributed by atoms with van der Waals surface area (Å²) in [5.41, 5.74) is 3.82. The van der Waals surface area contributed by atoms with Crippen molar-refractivity contribution in [1.29, 1.82) is 0 Å². The van der Waals surface area contributed by atoms with Gasteiger partial charge in [0, 0.05) is 48.1 Å². The summed E-state index contributed by atoms with van der Waals surface area (Å²) in [4.78, 5) is 40.1. The second-order valence-corrected chi connectivity index (χ2v) is 12.3. The summed E-state index contributed by atoms with van der Waals surface area (Å²) in [5, 5.41) is 4.29. The van der Waals surface area contributed by atoms with Crippen LogP contribution in [-0.4, -0.2) is 72.1 Å². The Balaban J connectivity index is 1.02. The number of fused-ring (bicyclic) bond motifs is 1. The van der Waals surface area contributed by atoms with Gasteiger partial charge >= 0.3 is 0 Å². The molecule has 248 valence electrons. The number of aromatic nitrogens is 2. The molecule has 4 aromatic rings. The molecular formula is C37H45N5O5. The molecule has 0 spiro atoms. The van der Waals surface area contributed by atoms with Gasteiger partial charge in [-0.05, 0) is 76.6 Å². The first-order valence-electron chi connectivity index (χ1n) is 17.1. The van der Waals surface area contributed by atoms with E-state index < -0.39 is 0 Å². The molecule has 10 heteroatoms. The van der Waals surface area contributed by atoms with E-state index in [9.17, 15) is 9.59 Å². The Labute approximate surface area is 276 Å². The minimum atomic E-state index is -0.0525. The van der Waals surface area contributed by atoms with Crippen molar-refractivity contribution in [3.63, 3.8) is 0 Å². The van der Waals surface area contributed by atoms with Crippen LogP contribution in [0.1, 0.15) is 69.2 Å². The molecule has 1 aliphatic heterocycles. The summed E-state index contributed by atoms with van der Waals surface area (Å²) in [6, 6.07) is 15.7. The Hall–Kier alpha value is -4.44. The van der Waals surface area contributed by atoms with Crippen LogP contribution < -0.4 is 19.7 Å². The first-order valence-corrected chi connectivity index (χ1v) is 17.1. The minimum absolute atomic E-state index is 0.0272. The number of carbonyl (C=O) groups is 2. The van der Waals surface area contributed by atoms with Gasteiger partial charge in [0.15, 0.2) is 5.69 Å². The fraction of sp³-hybridized carbons (Fsp3) is 0.459. The van der Waals surface area contributed by atoms with Crippen molar-refractivity contribution in [2.45, 2.75) is 64.8 Å². The number of likely N-dealkylation sites (tertiary alicyclic amines) is 1. The average molecular weight is 640 g/mol. The van der Waals surface area contributed by atoms with Gasteiger partial charge in [-0.1, -0.05) is 42.8 Å². The summed E-state index contributed by atoms with van der Waals surface area (Å²) < 4.78 is 17.4. The molecule has 2 fully saturated rings. The second kappa shape index (κ2) is 15.4.